The smallest absolute Gasteiger partial charge is 0.203 e. The molecule has 0 atom stereocenters. The molecule has 0 N–H and O–H groups in total. The number of hydrogen-bond donors (Lipinski definition) is 0. The lowest BCUT2D eigenvalue weighted by molar-refractivity contribution is 0.377. The van der Waals surface area contributed by atoms with Gasteiger partial charge in [-0.05, 0) is 13.8 Å². The third-order valence-corrected chi connectivity index (χ3v) is 2.14. The van der Waals surface area contributed by atoms with Crippen LogP contribution >= 0.6 is 0 Å². The summed E-state index contributed by atoms with van der Waals surface area (Å²) in [4.78, 5) is 11.2. The van der Waals surface area contributed by atoms with E-state index in [0.717, 1.165) is 6.54 Å². The fraction of sp³-hybridized carbons (Fsp3) is 0.364. The second-order valence-corrected chi connectivity index (χ2v) is 3.42. The van der Waals surface area contributed by atoms with E-state index >= 15 is 0 Å². The van der Waals surface area contributed by atoms with Crippen LogP contribution in [0.25, 0.3) is 5.70 Å². The van der Waals surface area contributed by atoms with E-state index in [2.05, 4.69) is 16.8 Å². The molecule has 0 spiro atoms. The first-order valence-electron chi connectivity index (χ1n) is 5.05. The van der Waals surface area contributed by atoms with Crippen LogP contribution in [0.5, 0.6) is 0 Å². The number of rotatable bonds is 4. The van der Waals surface area contributed by atoms with Crippen molar-refractivity contribution in [2.45, 2.75) is 13.8 Å². The lowest BCUT2D eigenvalue weighted by Crippen LogP contribution is -2.15. The predicted molar refractivity (Wildman–Crippen MR) is 65.4 cm³/mol. The average molecular weight is 220 g/mol. The number of hydrazone groups is 1. The van der Waals surface area contributed by atoms with Crippen LogP contribution < -0.4 is 5.43 Å². The normalized spacial score (nSPS) is 10.7. The van der Waals surface area contributed by atoms with Crippen molar-refractivity contribution in [2.75, 3.05) is 13.6 Å². The summed E-state index contributed by atoms with van der Waals surface area (Å²) in [6, 6.07) is 1.46. The Morgan fingerprint density at radius 2 is 2.44 bits per heavy atom. The Balaban J connectivity index is 2.85. The average Bonchev–Trinajstić information content (AvgIpc) is 2.29. The molecule has 5 heteroatoms. The first-order valence-corrected chi connectivity index (χ1v) is 5.05. The van der Waals surface area contributed by atoms with E-state index in [9.17, 15) is 4.79 Å². The lowest BCUT2D eigenvalue weighted by atomic mass is 10.4. The monoisotopic (exact) mass is 220 g/mol. The highest BCUT2D eigenvalue weighted by Crippen LogP contribution is 1.95. The zero-order valence-electron chi connectivity index (χ0n) is 9.84. The maximum atomic E-state index is 11.2. The molecule has 0 aliphatic heterocycles. The summed E-state index contributed by atoms with van der Waals surface area (Å²) in [5.41, 5.74) is 0.982. The van der Waals surface area contributed by atoms with Gasteiger partial charge >= 0.3 is 0 Å². The van der Waals surface area contributed by atoms with Crippen LogP contribution in [0, 0.1) is 6.92 Å². The fourth-order valence-corrected chi connectivity index (χ4v) is 0.969. The van der Waals surface area contributed by atoms with Gasteiger partial charge in [0.25, 0.3) is 0 Å². The van der Waals surface area contributed by atoms with Crippen LogP contribution in [-0.2, 0) is 0 Å². The lowest BCUT2D eigenvalue weighted by Gasteiger charge is -2.09. The molecule has 0 aliphatic carbocycles. The first kappa shape index (κ1) is 12.2. The zero-order chi connectivity index (χ0) is 12.1. The second-order valence-electron chi connectivity index (χ2n) is 3.42. The largest absolute Gasteiger partial charge is 0.300 e. The van der Waals surface area contributed by atoms with E-state index in [1.165, 1.54) is 10.7 Å². The Morgan fingerprint density at radius 3 is 3.00 bits per heavy atom. The molecule has 0 saturated heterocycles. The number of aromatic nitrogens is 2. The van der Waals surface area contributed by atoms with Gasteiger partial charge in [0.2, 0.25) is 5.43 Å². The van der Waals surface area contributed by atoms with Crippen molar-refractivity contribution in [1.29, 1.82) is 0 Å². The van der Waals surface area contributed by atoms with Crippen LogP contribution in [-0.4, -0.2) is 34.6 Å². The zero-order valence-corrected chi connectivity index (χ0v) is 9.84. The molecule has 16 heavy (non-hydrogen) atoms. The van der Waals surface area contributed by atoms with Crippen LogP contribution in [0.1, 0.15) is 12.6 Å². The van der Waals surface area contributed by atoms with E-state index < -0.39 is 0 Å². The fourth-order valence-electron chi connectivity index (χ4n) is 0.969. The highest BCUT2D eigenvalue weighted by atomic mass is 16.1. The van der Waals surface area contributed by atoms with Crippen LogP contribution in [0.2, 0.25) is 0 Å². The summed E-state index contributed by atoms with van der Waals surface area (Å²) in [6.07, 6.45) is 3.19. The maximum absolute atomic E-state index is 11.2. The predicted octanol–water partition coefficient (Wildman–Crippen LogP) is 0.960. The topological polar surface area (TPSA) is 50.5 Å². The van der Waals surface area contributed by atoms with Gasteiger partial charge in [-0.3, -0.25) is 4.79 Å². The van der Waals surface area contributed by atoms with Gasteiger partial charge in [0.05, 0.1) is 11.9 Å². The Kier molecular flexibility index (Phi) is 3.99. The minimum Gasteiger partial charge on any atom is -0.300 e. The number of aryl methyl sites for hydroxylation is 1. The van der Waals surface area contributed by atoms with Gasteiger partial charge in [0.15, 0.2) is 0 Å². The molecule has 5 nitrogen and oxygen atoms in total. The Labute approximate surface area is 94.7 Å². The highest BCUT2D eigenvalue weighted by Gasteiger charge is 1.98. The van der Waals surface area contributed by atoms with Gasteiger partial charge in [-0.15, -0.1) is 0 Å². The molecule has 1 aromatic rings. The van der Waals surface area contributed by atoms with E-state index in [0.29, 0.717) is 11.4 Å². The summed E-state index contributed by atoms with van der Waals surface area (Å²) in [5, 5.41) is 9.99. The van der Waals surface area contributed by atoms with E-state index in [1.54, 1.807) is 24.3 Å². The third kappa shape index (κ3) is 3.05. The van der Waals surface area contributed by atoms with Crippen molar-refractivity contribution >= 4 is 11.9 Å². The van der Waals surface area contributed by atoms with Gasteiger partial charge in [-0.1, -0.05) is 6.58 Å². The molecule has 0 aromatic carbocycles. The Morgan fingerprint density at radius 1 is 1.75 bits per heavy atom. The summed E-state index contributed by atoms with van der Waals surface area (Å²) < 4.78 is 1.53. The molecule has 0 fully saturated rings. The quantitative estimate of drug-likeness (QED) is 0.561. The van der Waals surface area contributed by atoms with Crippen LogP contribution in [0.3, 0.4) is 0 Å². The third-order valence-electron chi connectivity index (χ3n) is 2.14. The van der Waals surface area contributed by atoms with Gasteiger partial charge in [0.1, 0.15) is 5.69 Å². The minimum absolute atomic E-state index is 0.0772. The number of hydrogen-bond acceptors (Lipinski definition) is 4. The Hall–Kier alpha value is -1.91. The summed E-state index contributed by atoms with van der Waals surface area (Å²) in [7, 11) is 1.87. The molecule has 0 aliphatic rings. The van der Waals surface area contributed by atoms with E-state index in [-0.39, 0.29) is 5.43 Å². The minimum atomic E-state index is -0.0772. The summed E-state index contributed by atoms with van der Waals surface area (Å²) in [5.74, 6) is 0. The maximum Gasteiger partial charge on any atom is 0.203 e. The van der Waals surface area contributed by atoms with E-state index in [4.69, 9.17) is 0 Å². The molecule has 0 radical (unpaired) electrons. The molecular formula is C11H16N4O. The van der Waals surface area contributed by atoms with Crippen LogP contribution in [0.15, 0.2) is 28.7 Å². The molecular weight excluding hydrogens is 204 g/mol. The molecule has 0 saturated carbocycles. The SMILES string of the molecule is C=C(/C=N\N(C)CC)n1ccc(=O)c(C)n1. The molecule has 0 unspecified atom stereocenters. The first-order chi connectivity index (χ1) is 7.54. The number of nitrogens with zero attached hydrogens (tertiary/aromatic N) is 4. The van der Waals surface area contributed by atoms with Gasteiger partial charge < -0.3 is 5.01 Å². The van der Waals surface area contributed by atoms with Crippen molar-refractivity contribution in [2.24, 2.45) is 5.10 Å². The molecule has 0 amide bonds. The highest BCUT2D eigenvalue weighted by molar-refractivity contribution is 6.00. The molecule has 1 rings (SSSR count). The van der Waals surface area contributed by atoms with Crippen molar-refractivity contribution < 1.29 is 0 Å². The molecule has 1 heterocycles. The summed E-state index contributed by atoms with van der Waals surface area (Å²) in [6.45, 7) is 8.31. The van der Waals surface area contributed by atoms with Crippen molar-refractivity contribution in [3.8, 4) is 0 Å². The van der Waals surface area contributed by atoms with Crippen molar-refractivity contribution in [1.82, 2.24) is 14.8 Å². The van der Waals surface area contributed by atoms with Gasteiger partial charge in [-0.25, -0.2) is 4.68 Å². The van der Waals surface area contributed by atoms with Gasteiger partial charge in [0, 0.05) is 25.9 Å². The van der Waals surface area contributed by atoms with Crippen LogP contribution in [0.4, 0.5) is 0 Å². The molecule has 1 aromatic heterocycles. The van der Waals surface area contributed by atoms with E-state index in [1.807, 2.05) is 14.0 Å². The summed E-state index contributed by atoms with van der Waals surface area (Å²) >= 11 is 0. The molecule has 0 bridgehead atoms. The Bertz CT molecular complexity index is 461. The molecule has 86 valence electrons. The van der Waals surface area contributed by atoms with Gasteiger partial charge in [-0.2, -0.15) is 10.2 Å². The standard InChI is InChI=1S/C11H16N4O/c1-5-14(4)12-8-9(2)15-7-6-11(16)10(3)13-15/h6-8H,2,5H2,1,3-4H3/b12-8-. The van der Waals surface area contributed by atoms with Crippen molar-refractivity contribution in [3.05, 3.63) is 34.8 Å². The van der Waals surface area contributed by atoms with Crippen molar-refractivity contribution in [3.63, 3.8) is 0 Å². The number of allylic oxidation sites excluding steroid dienone is 1. The second kappa shape index (κ2) is 5.25.